The maximum atomic E-state index is 12.8. The third-order valence-corrected chi connectivity index (χ3v) is 5.02. The number of carbonyl (C=O) groups is 1. The highest BCUT2D eigenvalue weighted by molar-refractivity contribution is 5.92. The van der Waals surface area contributed by atoms with Gasteiger partial charge in [-0.15, -0.1) is 0 Å². The van der Waals surface area contributed by atoms with Gasteiger partial charge >= 0.3 is 0 Å². The molecule has 0 aliphatic carbocycles. The number of anilines is 1. The molecule has 3 rings (SSSR count). The second-order valence-corrected chi connectivity index (χ2v) is 7.14. The molecular weight excluding hydrogens is 328 g/mol. The number of nitrogens with zero attached hydrogens (tertiary/aromatic N) is 3. The molecule has 1 aliphatic heterocycles. The van der Waals surface area contributed by atoms with E-state index in [0.29, 0.717) is 12.5 Å². The van der Waals surface area contributed by atoms with Gasteiger partial charge in [0.1, 0.15) is 5.82 Å². The lowest BCUT2D eigenvalue weighted by molar-refractivity contribution is -0.120. The minimum absolute atomic E-state index is 0.00367. The number of amides is 1. The summed E-state index contributed by atoms with van der Waals surface area (Å²) in [5, 5.41) is 7.49. The summed E-state index contributed by atoms with van der Waals surface area (Å²) in [7, 11) is 3.53. The van der Waals surface area contributed by atoms with Crippen LogP contribution in [0.25, 0.3) is 0 Å². The average Bonchev–Trinajstić information content (AvgIpc) is 3.16. The fourth-order valence-electron chi connectivity index (χ4n) is 3.57. The third kappa shape index (κ3) is 4.51. The molecule has 1 aromatic carbocycles. The van der Waals surface area contributed by atoms with Crippen LogP contribution in [0.5, 0.6) is 0 Å². The lowest BCUT2D eigenvalue weighted by atomic mass is 9.97. The van der Waals surface area contributed by atoms with Crippen LogP contribution in [0.2, 0.25) is 0 Å². The van der Waals surface area contributed by atoms with Crippen molar-refractivity contribution in [2.75, 3.05) is 32.1 Å². The number of ether oxygens (including phenoxy) is 1. The summed E-state index contributed by atoms with van der Waals surface area (Å²) >= 11 is 0. The minimum Gasteiger partial charge on any atom is -0.384 e. The van der Waals surface area contributed by atoms with Crippen LogP contribution in [0.3, 0.4) is 0 Å². The molecule has 26 heavy (non-hydrogen) atoms. The molecule has 2 atom stereocenters. The van der Waals surface area contributed by atoms with Gasteiger partial charge in [0.15, 0.2) is 0 Å². The van der Waals surface area contributed by atoms with Gasteiger partial charge in [-0.25, -0.2) is 0 Å². The Morgan fingerprint density at radius 1 is 1.31 bits per heavy atom. The topological polar surface area (TPSA) is 59.4 Å². The van der Waals surface area contributed by atoms with E-state index in [2.05, 4.69) is 46.5 Å². The van der Waals surface area contributed by atoms with Crippen molar-refractivity contribution >= 4 is 11.7 Å². The summed E-state index contributed by atoms with van der Waals surface area (Å²) < 4.78 is 6.82. The second-order valence-electron chi connectivity index (χ2n) is 7.14. The van der Waals surface area contributed by atoms with Gasteiger partial charge in [0, 0.05) is 46.3 Å². The smallest absolute Gasteiger partial charge is 0.230 e. The van der Waals surface area contributed by atoms with E-state index in [1.807, 2.05) is 19.2 Å². The van der Waals surface area contributed by atoms with Crippen molar-refractivity contribution in [3.05, 3.63) is 47.7 Å². The minimum atomic E-state index is -0.00367. The van der Waals surface area contributed by atoms with Crippen LogP contribution in [-0.4, -0.2) is 47.4 Å². The molecule has 6 heteroatoms. The number of aryl methyl sites for hydroxylation is 1. The molecule has 1 aliphatic rings. The summed E-state index contributed by atoms with van der Waals surface area (Å²) in [4.78, 5) is 15.2. The highest BCUT2D eigenvalue weighted by atomic mass is 16.5. The van der Waals surface area contributed by atoms with Crippen LogP contribution in [0.15, 0.2) is 36.4 Å². The predicted octanol–water partition coefficient (Wildman–Crippen LogP) is 2.32. The molecule has 0 unspecified atom stereocenters. The van der Waals surface area contributed by atoms with Gasteiger partial charge in [-0.2, -0.15) is 5.10 Å². The zero-order valence-electron chi connectivity index (χ0n) is 15.8. The van der Waals surface area contributed by atoms with Crippen LogP contribution < -0.4 is 5.32 Å². The summed E-state index contributed by atoms with van der Waals surface area (Å²) in [5.41, 5.74) is 2.21. The average molecular weight is 356 g/mol. The number of hydrogen-bond acceptors (Lipinski definition) is 4. The fourth-order valence-corrected chi connectivity index (χ4v) is 3.57. The Morgan fingerprint density at radius 2 is 2.08 bits per heavy atom. The van der Waals surface area contributed by atoms with Crippen molar-refractivity contribution in [3.8, 4) is 0 Å². The molecule has 1 fully saturated rings. The van der Waals surface area contributed by atoms with E-state index in [1.54, 1.807) is 11.8 Å². The number of nitrogens with one attached hydrogen (secondary N) is 1. The first kappa shape index (κ1) is 18.6. The van der Waals surface area contributed by atoms with Crippen molar-refractivity contribution < 1.29 is 9.53 Å². The van der Waals surface area contributed by atoms with E-state index in [1.165, 1.54) is 5.56 Å². The standard InChI is InChI=1S/C20H28N4O2/c1-15-12-24(13-16-7-5-4-6-8-16)14-18(15)20(25)21-19-11-17(9-10-26-3)22-23(19)2/h4-8,11,15,18H,9-10,12-14H2,1-3H3,(H,21,25)/t15-,18-/m1/s1. The number of methoxy groups -OCH3 is 1. The largest absolute Gasteiger partial charge is 0.384 e. The fraction of sp³-hybridized carbons (Fsp3) is 0.500. The van der Waals surface area contributed by atoms with Gasteiger partial charge in [-0.1, -0.05) is 37.3 Å². The molecule has 2 heterocycles. The Balaban J connectivity index is 1.58. The van der Waals surface area contributed by atoms with Crippen LogP contribution in [0, 0.1) is 11.8 Å². The molecule has 1 N–H and O–H groups in total. The number of likely N-dealkylation sites (tertiary alicyclic amines) is 1. The predicted molar refractivity (Wildman–Crippen MR) is 102 cm³/mol. The van der Waals surface area contributed by atoms with Gasteiger partial charge in [0.2, 0.25) is 5.91 Å². The first-order valence-corrected chi connectivity index (χ1v) is 9.16. The van der Waals surface area contributed by atoms with Crippen molar-refractivity contribution in [2.45, 2.75) is 19.9 Å². The lowest BCUT2D eigenvalue weighted by Crippen LogP contribution is -2.29. The summed E-state index contributed by atoms with van der Waals surface area (Å²) in [6, 6.07) is 12.3. The van der Waals surface area contributed by atoms with E-state index in [-0.39, 0.29) is 11.8 Å². The number of aromatic nitrogens is 2. The van der Waals surface area contributed by atoms with Crippen molar-refractivity contribution in [1.29, 1.82) is 0 Å². The Kier molecular flexibility index (Phi) is 6.06. The van der Waals surface area contributed by atoms with Crippen molar-refractivity contribution in [3.63, 3.8) is 0 Å². The number of benzene rings is 1. The van der Waals surface area contributed by atoms with E-state index < -0.39 is 0 Å². The SMILES string of the molecule is COCCc1cc(NC(=O)[C@@H]2CN(Cc3ccccc3)C[C@H]2C)n(C)n1. The molecular formula is C20H28N4O2. The van der Waals surface area contributed by atoms with Gasteiger partial charge < -0.3 is 10.1 Å². The Labute approximate surface area is 155 Å². The molecule has 140 valence electrons. The maximum absolute atomic E-state index is 12.8. The molecule has 0 radical (unpaired) electrons. The maximum Gasteiger partial charge on any atom is 0.230 e. The highest BCUT2D eigenvalue weighted by Gasteiger charge is 2.35. The van der Waals surface area contributed by atoms with Gasteiger partial charge in [0.25, 0.3) is 0 Å². The zero-order valence-corrected chi connectivity index (χ0v) is 15.8. The number of rotatable bonds is 7. The zero-order chi connectivity index (χ0) is 18.5. The monoisotopic (exact) mass is 356 g/mol. The molecule has 2 aromatic rings. The third-order valence-electron chi connectivity index (χ3n) is 5.02. The second kappa shape index (κ2) is 8.47. The number of hydrogen-bond donors (Lipinski definition) is 1. The summed E-state index contributed by atoms with van der Waals surface area (Å²) in [6.45, 7) is 5.40. The van der Waals surface area contributed by atoms with Gasteiger partial charge in [0.05, 0.1) is 18.2 Å². The van der Waals surface area contributed by atoms with Gasteiger partial charge in [-0.3, -0.25) is 14.4 Å². The molecule has 0 saturated carbocycles. The van der Waals surface area contributed by atoms with Crippen molar-refractivity contribution in [1.82, 2.24) is 14.7 Å². The van der Waals surface area contributed by atoms with E-state index in [9.17, 15) is 4.79 Å². The van der Waals surface area contributed by atoms with E-state index in [0.717, 1.165) is 37.6 Å². The molecule has 0 bridgehead atoms. The Hall–Kier alpha value is -2.18. The quantitative estimate of drug-likeness (QED) is 0.827. The molecule has 0 spiro atoms. The van der Waals surface area contributed by atoms with Crippen LogP contribution in [-0.2, 0) is 29.5 Å². The number of carbonyl (C=O) groups excluding carboxylic acids is 1. The first-order valence-electron chi connectivity index (χ1n) is 9.16. The Bertz CT molecular complexity index is 729. The lowest BCUT2D eigenvalue weighted by Gasteiger charge is -2.16. The van der Waals surface area contributed by atoms with Crippen molar-refractivity contribution in [2.24, 2.45) is 18.9 Å². The highest BCUT2D eigenvalue weighted by Crippen LogP contribution is 2.26. The summed E-state index contributed by atoms with van der Waals surface area (Å²) in [5.74, 6) is 1.15. The molecule has 1 saturated heterocycles. The van der Waals surface area contributed by atoms with Crippen LogP contribution in [0.1, 0.15) is 18.2 Å². The van der Waals surface area contributed by atoms with Crippen LogP contribution in [0.4, 0.5) is 5.82 Å². The molecule has 1 amide bonds. The van der Waals surface area contributed by atoms with Crippen LogP contribution >= 0.6 is 0 Å². The summed E-state index contributed by atoms with van der Waals surface area (Å²) in [6.07, 6.45) is 0.741. The molecule has 6 nitrogen and oxygen atoms in total. The molecule has 1 aromatic heterocycles. The Morgan fingerprint density at radius 3 is 2.81 bits per heavy atom. The van der Waals surface area contributed by atoms with Gasteiger partial charge in [-0.05, 0) is 11.5 Å². The first-order chi connectivity index (χ1) is 12.6. The van der Waals surface area contributed by atoms with E-state index in [4.69, 9.17) is 4.74 Å². The van der Waals surface area contributed by atoms with E-state index >= 15 is 0 Å². The normalized spacial score (nSPS) is 20.4.